The minimum atomic E-state index is -1.72. The molecule has 6 heterocycles. The van der Waals surface area contributed by atoms with Crippen LogP contribution in [0.4, 0.5) is 0 Å². The zero-order chi connectivity index (χ0) is 88.5. The van der Waals surface area contributed by atoms with E-state index in [0.717, 1.165) is 16.7 Å². The van der Waals surface area contributed by atoms with Crippen LogP contribution in [0.2, 0.25) is 0 Å². The van der Waals surface area contributed by atoms with Gasteiger partial charge in [0.1, 0.15) is 91.1 Å². The van der Waals surface area contributed by atoms with Gasteiger partial charge in [-0.3, -0.25) is 33.6 Å². The smallest absolute Gasteiger partial charge is 0.337 e. The summed E-state index contributed by atoms with van der Waals surface area (Å²) in [5.74, 6) is -5.79. The number of aliphatic carboxylic acids is 1. The van der Waals surface area contributed by atoms with Gasteiger partial charge in [0.2, 0.25) is 22.7 Å². The second-order valence-electron chi connectivity index (χ2n) is 29.4. The number of hydrogen-bond donors (Lipinski definition) is 10. The van der Waals surface area contributed by atoms with Gasteiger partial charge in [0.15, 0.2) is 37.4 Å². The molecule has 0 unspecified atom stereocenters. The number of halogens is 3. The predicted molar refractivity (Wildman–Crippen MR) is 442 cm³/mol. The summed E-state index contributed by atoms with van der Waals surface area (Å²) in [6, 6.07) is 29.9. The van der Waals surface area contributed by atoms with Crippen LogP contribution >= 0.6 is 34.8 Å². The lowest BCUT2D eigenvalue weighted by molar-refractivity contribution is -0.376. The molecule has 0 aromatic heterocycles. The van der Waals surface area contributed by atoms with Gasteiger partial charge in [-0.05, 0) is 48.1 Å². The van der Waals surface area contributed by atoms with Crippen molar-refractivity contribution in [2.75, 3.05) is 26.4 Å². The fourth-order valence-electron chi connectivity index (χ4n) is 14.2. The van der Waals surface area contributed by atoms with E-state index in [9.17, 15) is 74.1 Å². The fraction of sp³-hybridized carbons (Fsp3) is 0.671. The lowest BCUT2D eigenvalue weighted by Crippen LogP contribution is -2.63. The molecule has 0 radical (unpaired) electrons. The van der Waals surface area contributed by atoms with Crippen molar-refractivity contribution in [3.05, 3.63) is 120 Å². The van der Waals surface area contributed by atoms with Gasteiger partial charge in [0.05, 0.1) is 38.6 Å². The number of carboxylic acids is 1. The predicted octanol–water partition coefficient (Wildman–Crippen LogP) is 7.48. The Morgan fingerprint density at radius 1 is 0.377 bits per heavy atom. The summed E-state index contributed by atoms with van der Waals surface area (Å²) in [5.41, 5.74) is 2.06. The van der Waals surface area contributed by atoms with Crippen LogP contribution in [0.15, 0.2) is 103 Å². The third-order valence-corrected chi connectivity index (χ3v) is 21.4. The number of esters is 6. The van der Waals surface area contributed by atoms with Gasteiger partial charge >= 0.3 is 41.8 Å². The van der Waals surface area contributed by atoms with Gasteiger partial charge in [-0.15, -0.1) is 0 Å². The standard InChI is InChI=1S/C41H50O10.C22H36O10.C12H22O11.C4H5ClO.C2H2Cl2O2.4CH4/c1-8-34-27(4)37(47-29(6)43)38(48-30(7)44)40(49-34)51-39-26(3)25(2)36(46-28(5)42)35(50-39)24-45-41(31-18-12-9-13-19-31,32-20-14-10-15-21-32)33-22-16-11-17-23-33;1-8-16-12(4)19(28-14(6)25)20(29-15(7)26)22(30-16)32-21-11(3)10(2)18(27-13(5)24)17(9-23)31-21;13-1-3-5(15)7(17)9(19)11(21-3)23-12-10(20)8(18)6(16)4(2-14)22-12;1-3(2)4(5)6;3-1(4)2(5)6;;;;/h9-23,25-27,34-40H,8,24H2,1-7H3;10-12,16-23H,8-9H2,1-7H3;3-20H,1-2H2;1H2,2H3;1H,(H,5,6);4*1H4/t25-,26-,27-,34-,35-,36+,37+,38-,39-,40-;10-,11-,12-,16-,17-,18+,19+,20-,21-,22-;3-,4-,5-,6-,7+,8+,9-,10-,11-,12-;;;;;;/m111....../s1. The molecule has 696 valence electrons. The Hall–Kier alpha value is -6.53. The van der Waals surface area contributed by atoms with Crippen molar-refractivity contribution >= 4 is 81.8 Å². The quantitative estimate of drug-likeness (QED) is 0.00980. The molecule has 34 nitrogen and oxygen atoms in total. The first kappa shape index (κ1) is 113. The van der Waals surface area contributed by atoms with Crippen LogP contribution in [0.3, 0.4) is 0 Å². The summed E-state index contributed by atoms with van der Waals surface area (Å²) in [7, 11) is 0. The number of ether oxygens (including phenoxy) is 16. The molecule has 0 spiro atoms. The van der Waals surface area contributed by atoms with E-state index in [4.69, 9.17) is 126 Å². The van der Waals surface area contributed by atoms with Crippen molar-refractivity contribution in [3.8, 4) is 0 Å². The van der Waals surface area contributed by atoms with Gasteiger partial charge < -0.3 is 127 Å². The van der Waals surface area contributed by atoms with E-state index in [1.54, 1.807) is 6.92 Å². The number of carboxylic acid groups (broad SMARTS) is 1. The minimum Gasteiger partial charge on any atom is -0.479 e. The first-order chi connectivity index (χ1) is 55.5. The van der Waals surface area contributed by atoms with E-state index >= 15 is 0 Å². The van der Waals surface area contributed by atoms with Crippen LogP contribution in [0.1, 0.15) is 163 Å². The SMILES string of the molecule is C.C.C.C.C=C(C)C(=O)Cl.CC[C@H]1O[C@H](O[C@H]2O[C@H](CO)[C@@H](OC(C)=O)[C@H](C)[C@H]2C)[C@H](OC(C)=O)[C@@H](OC(C)=O)[C@@H]1C.CC[C@H]1O[C@H](O[C@H]2O[C@H](COC(c3ccccc3)(c3ccccc3)c3ccccc3)[C@@H](OC(C)=O)[C@H](C)[C@H]2C)[C@H](OC(C)=O)[C@@H](OC(C)=O)[C@@H]1C.O=C(O)C(Cl)Cl.OC[C@H]1O[C@H](O[C@H]2O[C@H](CO)[C@@H](O)[C@H](O)[C@H]2O)[C@H](O)[C@@H](O)[C@@H]1O. The molecule has 9 rings (SSSR count). The average Bonchev–Trinajstić information content (AvgIpc) is 0.751. The van der Waals surface area contributed by atoms with Crippen LogP contribution in [0.25, 0.3) is 0 Å². The summed E-state index contributed by atoms with van der Waals surface area (Å²) in [4.78, 5) is 90.0. The first-order valence-corrected chi connectivity index (χ1v) is 39.8. The average molecular weight is 1800 g/mol. The second kappa shape index (κ2) is 53.8. The lowest BCUT2D eigenvalue weighted by atomic mass is 9.79. The number of benzene rings is 3. The molecule has 0 aliphatic carbocycles. The molecule has 6 aliphatic rings. The maximum atomic E-state index is 12.5. The Labute approximate surface area is 729 Å². The summed E-state index contributed by atoms with van der Waals surface area (Å²) in [6.45, 7) is 26.3. The van der Waals surface area contributed by atoms with E-state index in [-0.39, 0.29) is 90.6 Å². The molecule has 0 saturated carbocycles. The number of aliphatic hydroxyl groups excluding tert-OH is 9. The molecule has 3 aromatic rings. The van der Waals surface area contributed by atoms with E-state index in [1.807, 2.05) is 146 Å². The van der Waals surface area contributed by atoms with E-state index < -0.39 is 206 Å². The number of carbonyl (C=O) groups excluding carboxylic acids is 7. The van der Waals surface area contributed by atoms with E-state index in [2.05, 4.69) is 6.58 Å². The molecule has 6 saturated heterocycles. The summed E-state index contributed by atoms with van der Waals surface area (Å²) in [6.07, 6.45) is -25.4. The Kier molecular flexibility index (Phi) is 50.1. The third-order valence-electron chi connectivity index (χ3n) is 20.7. The molecule has 10 N–H and O–H groups in total. The third kappa shape index (κ3) is 30.9. The lowest BCUT2D eigenvalue weighted by Gasteiger charge is -2.48. The largest absolute Gasteiger partial charge is 0.479 e. The van der Waals surface area contributed by atoms with E-state index in [1.165, 1.54) is 41.5 Å². The van der Waals surface area contributed by atoms with E-state index in [0.29, 0.717) is 18.4 Å². The van der Waals surface area contributed by atoms with Gasteiger partial charge in [-0.25, -0.2) is 4.79 Å². The summed E-state index contributed by atoms with van der Waals surface area (Å²) in [5, 5.41) is 93.5. The Balaban J connectivity index is 0.000000897. The van der Waals surface area contributed by atoms with Crippen molar-refractivity contribution in [3.63, 3.8) is 0 Å². The van der Waals surface area contributed by atoms with Gasteiger partial charge in [-0.2, -0.15) is 0 Å². The second-order valence-corrected chi connectivity index (χ2v) is 30.8. The van der Waals surface area contributed by atoms with Gasteiger partial charge in [-0.1, -0.05) is 206 Å². The molecular weight excluding hydrogens is 1670 g/mol. The van der Waals surface area contributed by atoms with Crippen molar-refractivity contribution in [1.29, 1.82) is 0 Å². The molecule has 30 atom stereocenters. The Morgan fingerprint density at radius 2 is 0.631 bits per heavy atom. The highest BCUT2D eigenvalue weighted by Crippen LogP contribution is 2.45. The first-order valence-electron chi connectivity index (χ1n) is 38.6. The van der Waals surface area contributed by atoms with Crippen LogP contribution in [0, 0.1) is 35.5 Å². The van der Waals surface area contributed by atoms with Crippen LogP contribution in [-0.2, 0) is 120 Å². The van der Waals surface area contributed by atoms with Crippen LogP contribution < -0.4 is 0 Å². The molecule has 0 amide bonds. The highest BCUT2D eigenvalue weighted by molar-refractivity contribution is 6.67. The summed E-state index contributed by atoms with van der Waals surface area (Å²) < 4.78 is 93.9. The minimum absolute atomic E-state index is 0. The maximum Gasteiger partial charge on any atom is 0.337 e. The number of hydrogen-bond acceptors (Lipinski definition) is 33. The zero-order valence-electron chi connectivity index (χ0n) is 68.4. The van der Waals surface area contributed by atoms with Crippen molar-refractivity contribution in [1.82, 2.24) is 0 Å². The van der Waals surface area contributed by atoms with Gasteiger partial charge in [0.25, 0.3) is 0 Å². The molecule has 6 aliphatic heterocycles. The number of alkyl halides is 2. The number of aliphatic hydroxyl groups is 9. The molecule has 122 heavy (non-hydrogen) atoms. The molecule has 0 bridgehead atoms. The fourth-order valence-corrected chi connectivity index (χ4v) is 14.2. The van der Waals surface area contributed by atoms with Crippen LogP contribution in [-0.4, -0.2) is 277 Å². The van der Waals surface area contributed by atoms with Crippen molar-refractivity contribution in [2.45, 2.75) is 304 Å². The van der Waals surface area contributed by atoms with Crippen LogP contribution in [0.5, 0.6) is 0 Å². The number of rotatable bonds is 25. The molecule has 3 aromatic carbocycles. The normalized spacial score (nSPS) is 33.3. The van der Waals surface area contributed by atoms with Crippen molar-refractivity contribution < 1.29 is 165 Å². The highest BCUT2D eigenvalue weighted by atomic mass is 35.5. The monoisotopic (exact) mass is 1800 g/mol. The topological polar surface area (TPSA) is 487 Å². The summed E-state index contributed by atoms with van der Waals surface area (Å²) >= 11 is 14.4. The maximum absolute atomic E-state index is 12.5. The molecule has 37 heteroatoms. The Morgan fingerprint density at radius 3 is 0.902 bits per heavy atom. The molecular formula is C85H131Cl3O34. The highest BCUT2D eigenvalue weighted by Gasteiger charge is 2.56. The Bertz CT molecular complexity index is 3480. The van der Waals surface area contributed by atoms with Crippen molar-refractivity contribution in [2.24, 2.45) is 35.5 Å². The number of carbonyl (C=O) groups is 8. The van der Waals surface area contributed by atoms with Gasteiger partial charge in [0, 0.05) is 82.6 Å². The molecule has 6 fully saturated rings. The number of allylic oxidation sites excluding steroid dienone is 1. The zero-order valence-corrected chi connectivity index (χ0v) is 70.7.